The lowest BCUT2D eigenvalue weighted by atomic mass is 9.93. The first-order valence-electron chi connectivity index (χ1n) is 6.19. The van der Waals surface area contributed by atoms with Crippen LogP contribution in [0.2, 0.25) is 0 Å². The van der Waals surface area contributed by atoms with Crippen LogP contribution in [0.5, 0.6) is 0 Å². The van der Waals surface area contributed by atoms with Gasteiger partial charge in [-0.05, 0) is 48.9 Å². The minimum atomic E-state index is -2.60. The van der Waals surface area contributed by atoms with E-state index in [2.05, 4.69) is 0 Å². The van der Waals surface area contributed by atoms with Crippen molar-refractivity contribution in [2.75, 3.05) is 0 Å². The number of aliphatic hydroxyl groups is 1. The molecule has 18 heavy (non-hydrogen) atoms. The highest BCUT2D eigenvalue weighted by Crippen LogP contribution is 2.42. The average Bonchev–Trinajstić information content (AvgIpc) is 2.61. The summed E-state index contributed by atoms with van der Waals surface area (Å²) in [5.74, 6) is -3.19. The van der Waals surface area contributed by atoms with Crippen LogP contribution in [0.3, 0.4) is 0 Å². The summed E-state index contributed by atoms with van der Waals surface area (Å²) in [6.07, 6.45) is -0.428. The topological polar surface area (TPSA) is 20.2 Å². The SMILES string of the molecule is Cc1ccc(F)cc1C(O)CC1CCC(F)(F)C1. The van der Waals surface area contributed by atoms with Gasteiger partial charge in [-0.1, -0.05) is 6.07 Å². The molecule has 1 fully saturated rings. The van der Waals surface area contributed by atoms with E-state index in [0.717, 1.165) is 5.56 Å². The highest BCUT2D eigenvalue weighted by atomic mass is 19.3. The van der Waals surface area contributed by atoms with Gasteiger partial charge in [0.1, 0.15) is 5.82 Å². The molecule has 0 saturated heterocycles. The van der Waals surface area contributed by atoms with Crippen LogP contribution in [0.15, 0.2) is 18.2 Å². The fourth-order valence-corrected chi connectivity index (χ4v) is 2.66. The Balaban J connectivity index is 2.04. The average molecular weight is 258 g/mol. The Labute approximate surface area is 105 Å². The zero-order valence-corrected chi connectivity index (χ0v) is 10.3. The molecule has 1 N–H and O–H groups in total. The number of rotatable bonds is 3. The van der Waals surface area contributed by atoms with Crippen molar-refractivity contribution in [3.63, 3.8) is 0 Å². The molecule has 100 valence electrons. The Morgan fingerprint density at radius 3 is 2.78 bits per heavy atom. The summed E-state index contributed by atoms with van der Waals surface area (Å²) in [5.41, 5.74) is 1.29. The molecule has 0 heterocycles. The summed E-state index contributed by atoms with van der Waals surface area (Å²) in [4.78, 5) is 0. The van der Waals surface area contributed by atoms with Gasteiger partial charge in [-0.2, -0.15) is 0 Å². The normalized spacial score (nSPS) is 24.2. The summed E-state index contributed by atoms with van der Waals surface area (Å²) in [7, 11) is 0. The number of hydrogen-bond donors (Lipinski definition) is 1. The van der Waals surface area contributed by atoms with E-state index < -0.39 is 17.8 Å². The van der Waals surface area contributed by atoms with Crippen molar-refractivity contribution in [1.29, 1.82) is 0 Å². The molecule has 0 aromatic heterocycles. The first-order chi connectivity index (χ1) is 8.37. The van der Waals surface area contributed by atoms with Crippen LogP contribution in [0, 0.1) is 18.7 Å². The van der Waals surface area contributed by atoms with E-state index in [0.29, 0.717) is 12.0 Å². The van der Waals surface area contributed by atoms with Crippen molar-refractivity contribution >= 4 is 0 Å². The Hall–Kier alpha value is -1.03. The molecule has 0 bridgehead atoms. The molecule has 1 saturated carbocycles. The van der Waals surface area contributed by atoms with Gasteiger partial charge in [0.05, 0.1) is 6.10 Å². The molecule has 0 aliphatic heterocycles. The van der Waals surface area contributed by atoms with Crippen molar-refractivity contribution in [1.82, 2.24) is 0 Å². The third-order valence-corrected chi connectivity index (χ3v) is 3.66. The standard InChI is InChI=1S/C14H17F3O/c1-9-2-3-11(15)7-12(9)13(18)6-10-4-5-14(16,17)8-10/h2-3,7,10,13,18H,4-6,8H2,1H3. The molecule has 0 radical (unpaired) electrons. The van der Waals surface area contributed by atoms with E-state index >= 15 is 0 Å². The second kappa shape index (κ2) is 4.92. The van der Waals surface area contributed by atoms with E-state index in [1.54, 1.807) is 13.0 Å². The molecule has 1 aromatic rings. The minimum Gasteiger partial charge on any atom is -0.388 e. The molecule has 1 nitrogen and oxygen atoms in total. The fourth-order valence-electron chi connectivity index (χ4n) is 2.66. The van der Waals surface area contributed by atoms with Crippen LogP contribution in [-0.2, 0) is 0 Å². The number of alkyl halides is 2. The van der Waals surface area contributed by atoms with Crippen LogP contribution in [0.25, 0.3) is 0 Å². The molecule has 4 heteroatoms. The van der Waals surface area contributed by atoms with Crippen LogP contribution < -0.4 is 0 Å². The maximum atomic E-state index is 13.1. The smallest absolute Gasteiger partial charge is 0.248 e. The predicted molar refractivity (Wildman–Crippen MR) is 63.0 cm³/mol. The lowest BCUT2D eigenvalue weighted by Gasteiger charge is -2.18. The zero-order valence-electron chi connectivity index (χ0n) is 10.3. The van der Waals surface area contributed by atoms with Crippen molar-refractivity contribution in [2.24, 2.45) is 5.92 Å². The summed E-state index contributed by atoms with van der Waals surface area (Å²) in [6.45, 7) is 1.78. The molecule has 0 spiro atoms. The minimum absolute atomic E-state index is 0.105. The van der Waals surface area contributed by atoms with Crippen LogP contribution in [0.4, 0.5) is 13.2 Å². The van der Waals surface area contributed by atoms with Gasteiger partial charge >= 0.3 is 0 Å². The summed E-state index contributed by atoms with van der Waals surface area (Å²) in [5, 5.41) is 10.0. The van der Waals surface area contributed by atoms with Crippen LogP contribution >= 0.6 is 0 Å². The molecule has 2 rings (SSSR count). The number of aryl methyl sites for hydroxylation is 1. The molecule has 2 unspecified atom stereocenters. The lowest BCUT2D eigenvalue weighted by molar-refractivity contribution is 0.00253. The monoisotopic (exact) mass is 258 g/mol. The van der Waals surface area contributed by atoms with Crippen molar-refractivity contribution < 1.29 is 18.3 Å². The third-order valence-electron chi connectivity index (χ3n) is 3.66. The molecule has 2 atom stereocenters. The van der Waals surface area contributed by atoms with Crippen LogP contribution in [0.1, 0.15) is 42.9 Å². The lowest BCUT2D eigenvalue weighted by Crippen LogP contribution is -2.11. The van der Waals surface area contributed by atoms with Gasteiger partial charge in [0.15, 0.2) is 0 Å². The van der Waals surface area contributed by atoms with Gasteiger partial charge in [-0.25, -0.2) is 13.2 Å². The van der Waals surface area contributed by atoms with Crippen molar-refractivity contribution in [3.05, 3.63) is 35.1 Å². The van der Waals surface area contributed by atoms with E-state index in [4.69, 9.17) is 0 Å². The van der Waals surface area contributed by atoms with Crippen molar-refractivity contribution in [2.45, 2.75) is 44.6 Å². The number of halogens is 3. The Morgan fingerprint density at radius 2 is 2.17 bits per heavy atom. The zero-order chi connectivity index (χ0) is 13.3. The van der Waals surface area contributed by atoms with Crippen LogP contribution in [-0.4, -0.2) is 11.0 Å². The molecular formula is C14H17F3O. The Kier molecular flexibility index (Phi) is 3.66. The van der Waals surface area contributed by atoms with E-state index in [9.17, 15) is 18.3 Å². The Bertz CT molecular complexity index is 431. The van der Waals surface area contributed by atoms with Crippen molar-refractivity contribution in [3.8, 4) is 0 Å². The van der Waals surface area contributed by atoms with Gasteiger partial charge in [-0.3, -0.25) is 0 Å². The number of benzene rings is 1. The second-order valence-corrected chi connectivity index (χ2v) is 5.22. The van der Waals surface area contributed by atoms with E-state index in [1.807, 2.05) is 0 Å². The van der Waals surface area contributed by atoms with Gasteiger partial charge in [-0.15, -0.1) is 0 Å². The Morgan fingerprint density at radius 1 is 1.44 bits per heavy atom. The molecule has 1 aliphatic carbocycles. The summed E-state index contributed by atoms with van der Waals surface area (Å²) >= 11 is 0. The van der Waals surface area contributed by atoms with Gasteiger partial charge < -0.3 is 5.11 Å². The predicted octanol–water partition coefficient (Wildman–Crippen LogP) is 3.99. The molecule has 0 amide bonds. The quantitative estimate of drug-likeness (QED) is 0.869. The molecule has 1 aliphatic rings. The maximum Gasteiger partial charge on any atom is 0.248 e. The van der Waals surface area contributed by atoms with Gasteiger partial charge in [0.25, 0.3) is 0 Å². The maximum absolute atomic E-state index is 13.1. The molecular weight excluding hydrogens is 241 g/mol. The van der Waals surface area contributed by atoms with Gasteiger partial charge in [0, 0.05) is 12.8 Å². The van der Waals surface area contributed by atoms with E-state index in [1.165, 1.54) is 12.1 Å². The largest absolute Gasteiger partial charge is 0.388 e. The van der Waals surface area contributed by atoms with E-state index in [-0.39, 0.29) is 25.2 Å². The first kappa shape index (κ1) is 13.4. The summed E-state index contributed by atoms with van der Waals surface area (Å²) < 4.78 is 39.2. The fraction of sp³-hybridized carbons (Fsp3) is 0.571. The molecule has 1 aromatic carbocycles. The third kappa shape index (κ3) is 3.05. The highest BCUT2D eigenvalue weighted by molar-refractivity contribution is 5.28. The number of hydrogen-bond acceptors (Lipinski definition) is 1. The summed E-state index contributed by atoms with van der Waals surface area (Å²) in [6, 6.07) is 4.21. The number of aliphatic hydroxyl groups excluding tert-OH is 1. The first-order valence-corrected chi connectivity index (χ1v) is 6.19. The highest BCUT2D eigenvalue weighted by Gasteiger charge is 2.40. The van der Waals surface area contributed by atoms with Gasteiger partial charge in [0.2, 0.25) is 5.92 Å². The second-order valence-electron chi connectivity index (χ2n) is 5.22.